The van der Waals surface area contributed by atoms with E-state index in [9.17, 15) is 8.42 Å². The predicted octanol–water partition coefficient (Wildman–Crippen LogP) is -1.28. The summed E-state index contributed by atoms with van der Waals surface area (Å²) in [5, 5.41) is 6.77. The van der Waals surface area contributed by atoms with Crippen molar-refractivity contribution < 1.29 is 8.42 Å². The SMILES string of the molecule is CNS(=O)(=O)c1nncn1C. The maximum Gasteiger partial charge on any atom is 0.276 e. The van der Waals surface area contributed by atoms with E-state index in [1.54, 1.807) is 7.05 Å². The molecule has 0 radical (unpaired) electrons. The number of nitrogens with one attached hydrogen (secondary N) is 1. The van der Waals surface area contributed by atoms with Gasteiger partial charge in [-0.25, -0.2) is 13.1 Å². The van der Waals surface area contributed by atoms with Crippen LogP contribution in [0, 0.1) is 0 Å². The van der Waals surface area contributed by atoms with E-state index in [4.69, 9.17) is 0 Å². The van der Waals surface area contributed by atoms with Crippen molar-refractivity contribution in [2.24, 2.45) is 7.05 Å². The van der Waals surface area contributed by atoms with E-state index >= 15 is 0 Å². The zero-order valence-electron chi connectivity index (χ0n) is 6.14. The van der Waals surface area contributed by atoms with Crippen LogP contribution in [0.25, 0.3) is 0 Å². The van der Waals surface area contributed by atoms with Gasteiger partial charge < -0.3 is 4.57 Å². The first-order valence-corrected chi connectivity index (χ1v) is 4.34. The van der Waals surface area contributed by atoms with Gasteiger partial charge in [0, 0.05) is 7.05 Å². The zero-order chi connectivity index (χ0) is 8.48. The van der Waals surface area contributed by atoms with Gasteiger partial charge in [-0.2, -0.15) is 0 Å². The molecule has 0 aliphatic heterocycles. The first-order valence-electron chi connectivity index (χ1n) is 2.85. The molecule has 0 aromatic carbocycles. The molecule has 0 aliphatic carbocycles. The molecule has 6 nitrogen and oxygen atoms in total. The van der Waals surface area contributed by atoms with Gasteiger partial charge in [-0.3, -0.25) is 0 Å². The van der Waals surface area contributed by atoms with E-state index in [1.165, 1.54) is 17.9 Å². The van der Waals surface area contributed by atoms with Gasteiger partial charge in [-0.1, -0.05) is 0 Å². The van der Waals surface area contributed by atoms with Gasteiger partial charge in [-0.15, -0.1) is 10.2 Å². The third kappa shape index (κ3) is 1.38. The summed E-state index contributed by atoms with van der Waals surface area (Å²) in [5.41, 5.74) is 0. The Kier molecular flexibility index (Phi) is 1.92. The van der Waals surface area contributed by atoms with E-state index < -0.39 is 10.0 Å². The van der Waals surface area contributed by atoms with Crippen LogP contribution in [0.1, 0.15) is 0 Å². The number of hydrogen-bond acceptors (Lipinski definition) is 4. The quantitative estimate of drug-likeness (QED) is 0.609. The van der Waals surface area contributed by atoms with Crippen molar-refractivity contribution in [3.05, 3.63) is 6.33 Å². The van der Waals surface area contributed by atoms with Gasteiger partial charge in [0.15, 0.2) is 0 Å². The van der Waals surface area contributed by atoms with Gasteiger partial charge in [0.25, 0.3) is 15.2 Å². The molecule has 0 unspecified atom stereocenters. The minimum atomic E-state index is -3.45. The van der Waals surface area contributed by atoms with Gasteiger partial charge in [0.1, 0.15) is 6.33 Å². The summed E-state index contributed by atoms with van der Waals surface area (Å²) in [6, 6.07) is 0. The zero-order valence-corrected chi connectivity index (χ0v) is 6.96. The van der Waals surface area contributed by atoms with Crippen LogP contribution in [-0.2, 0) is 17.1 Å². The second-order valence-electron chi connectivity index (χ2n) is 1.93. The molecule has 0 saturated heterocycles. The largest absolute Gasteiger partial charge is 0.306 e. The van der Waals surface area contributed by atoms with Crippen LogP contribution in [0.2, 0.25) is 0 Å². The third-order valence-electron chi connectivity index (χ3n) is 1.18. The fraction of sp³-hybridized carbons (Fsp3) is 0.500. The summed E-state index contributed by atoms with van der Waals surface area (Å²) in [5.74, 6) is 0. The van der Waals surface area contributed by atoms with Gasteiger partial charge >= 0.3 is 0 Å². The van der Waals surface area contributed by atoms with Gasteiger partial charge in [0.2, 0.25) is 0 Å². The molecule has 1 heterocycles. The molecule has 7 heteroatoms. The van der Waals surface area contributed by atoms with Crippen molar-refractivity contribution in [3.8, 4) is 0 Å². The molecular weight excluding hydrogens is 168 g/mol. The van der Waals surface area contributed by atoms with Crippen molar-refractivity contribution in [3.63, 3.8) is 0 Å². The lowest BCUT2D eigenvalue weighted by Gasteiger charge is -1.98. The molecule has 0 amide bonds. The summed E-state index contributed by atoms with van der Waals surface area (Å²) in [6.45, 7) is 0. The number of hydrogen-bond donors (Lipinski definition) is 1. The Hall–Kier alpha value is -0.950. The fourth-order valence-corrected chi connectivity index (χ4v) is 1.37. The summed E-state index contributed by atoms with van der Waals surface area (Å²) < 4.78 is 25.6. The van der Waals surface area contributed by atoms with Crippen molar-refractivity contribution in [2.75, 3.05) is 7.05 Å². The molecule has 0 bridgehead atoms. The third-order valence-corrected chi connectivity index (χ3v) is 2.57. The highest BCUT2D eigenvalue weighted by Gasteiger charge is 2.16. The Morgan fingerprint density at radius 1 is 1.64 bits per heavy atom. The Balaban J connectivity index is 3.22. The van der Waals surface area contributed by atoms with Crippen molar-refractivity contribution in [1.29, 1.82) is 0 Å². The second kappa shape index (κ2) is 2.59. The lowest BCUT2D eigenvalue weighted by molar-refractivity contribution is 0.570. The molecule has 1 N–H and O–H groups in total. The maximum atomic E-state index is 11.0. The predicted molar refractivity (Wildman–Crippen MR) is 37.2 cm³/mol. The van der Waals surface area contributed by atoms with Crippen LogP contribution < -0.4 is 4.72 Å². The van der Waals surface area contributed by atoms with Crippen LogP contribution in [-0.4, -0.2) is 30.2 Å². The van der Waals surface area contributed by atoms with Crippen LogP contribution in [0.4, 0.5) is 0 Å². The lowest BCUT2D eigenvalue weighted by atomic mass is 11.1. The molecule has 0 aliphatic rings. The number of sulfonamides is 1. The molecular formula is C4H8N4O2S. The van der Waals surface area contributed by atoms with Crippen LogP contribution >= 0.6 is 0 Å². The molecule has 0 fully saturated rings. The minimum Gasteiger partial charge on any atom is -0.306 e. The van der Waals surface area contributed by atoms with Crippen molar-refractivity contribution in [1.82, 2.24) is 19.5 Å². The van der Waals surface area contributed by atoms with E-state index in [1.807, 2.05) is 0 Å². The van der Waals surface area contributed by atoms with Crippen LogP contribution in [0.5, 0.6) is 0 Å². The summed E-state index contributed by atoms with van der Waals surface area (Å²) in [6.07, 6.45) is 1.32. The highest BCUT2D eigenvalue weighted by molar-refractivity contribution is 7.89. The van der Waals surface area contributed by atoms with Gasteiger partial charge in [-0.05, 0) is 7.05 Å². The maximum absolute atomic E-state index is 11.0. The highest BCUT2D eigenvalue weighted by atomic mass is 32.2. The summed E-state index contributed by atoms with van der Waals surface area (Å²) in [7, 11) is -0.563. The first-order chi connectivity index (χ1) is 5.08. The Labute approximate surface area is 64.3 Å². The number of aryl methyl sites for hydroxylation is 1. The molecule has 0 atom stereocenters. The van der Waals surface area contributed by atoms with Crippen molar-refractivity contribution >= 4 is 10.0 Å². The monoisotopic (exact) mass is 176 g/mol. The summed E-state index contributed by atoms with van der Waals surface area (Å²) >= 11 is 0. The van der Waals surface area contributed by atoms with E-state index in [0.717, 1.165) is 0 Å². The number of aromatic nitrogens is 3. The first kappa shape index (κ1) is 8.15. The van der Waals surface area contributed by atoms with Gasteiger partial charge in [0.05, 0.1) is 0 Å². The number of nitrogens with zero attached hydrogens (tertiary/aromatic N) is 3. The van der Waals surface area contributed by atoms with E-state index in [0.29, 0.717) is 0 Å². The average Bonchev–Trinajstić information content (AvgIpc) is 2.36. The molecule has 62 valence electrons. The Morgan fingerprint density at radius 2 is 2.27 bits per heavy atom. The van der Waals surface area contributed by atoms with Crippen LogP contribution in [0.3, 0.4) is 0 Å². The topological polar surface area (TPSA) is 76.9 Å². The molecule has 1 aromatic heterocycles. The smallest absolute Gasteiger partial charge is 0.276 e. The molecule has 0 saturated carbocycles. The Bertz CT molecular complexity index is 341. The highest BCUT2D eigenvalue weighted by Crippen LogP contribution is 1.99. The van der Waals surface area contributed by atoms with Crippen LogP contribution in [0.15, 0.2) is 11.5 Å². The molecule has 11 heavy (non-hydrogen) atoms. The fourth-order valence-electron chi connectivity index (χ4n) is 0.607. The second-order valence-corrected chi connectivity index (χ2v) is 3.71. The van der Waals surface area contributed by atoms with Crippen molar-refractivity contribution in [2.45, 2.75) is 5.16 Å². The van der Waals surface area contributed by atoms with E-state index in [2.05, 4.69) is 14.9 Å². The Morgan fingerprint density at radius 3 is 2.64 bits per heavy atom. The molecule has 1 aromatic rings. The molecule has 1 rings (SSSR count). The standard InChI is InChI=1S/C4H8N4O2S/c1-5-11(9,10)4-7-6-3-8(4)2/h3,5H,1-2H3. The summed E-state index contributed by atoms with van der Waals surface area (Å²) in [4.78, 5) is 0. The minimum absolute atomic E-state index is 0.0833. The van der Waals surface area contributed by atoms with E-state index in [-0.39, 0.29) is 5.16 Å². The molecule has 0 spiro atoms. The number of rotatable bonds is 2. The average molecular weight is 176 g/mol. The lowest BCUT2D eigenvalue weighted by Crippen LogP contribution is -2.22. The normalized spacial score (nSPS) is 11.8.